The van der Waals surface area contributed by atoms with E-state index in [4.69, 9.17) is 5.84 Å². The molecule has 0 bridgehead atoms. The van der Waals surface area contributed by atoms with E-state index in [0.717, 1.165) is 12.8 Å². The highest BCUT2D eigenvalue weighted by molar-refractivity contribution is 5.33. The molecule has 1 aromatic rings. The summed E-state index contributed by atoms with van der Waals surface area (Å²) < 4.78 is 0. The van der Waals surface area contributed by atoms with Gasteiger partial charge in [0.05, 0.1) is 0 Å². The Morgan fingerprint density at radius 2 is 2.18 bits per heavy atom. The Bertz CT molecular complexity index is 257. The van der Waals surface area contributed by atoms with Crippen molar-refractivity contribution >= 4 is 0 Å². The van der Waals surface area contributed by atoms with E-state index in [1.165, 1.54) is 11.1 Å². The van der Waals surface area contributed by atoms with E-state index in [2.05, 4.69) is 29.7 Å². The van der Waals surface area contributed by atoms with Gasteiger partial charge in [0, 0.05) is 6.04 Å². The number of hydrogen-bond acceptors (Lipinski definition) is 2. The van der Waals surface area contributed by atoms with Crippen molar-refractivity contribution in [2.75, 3.05) is 0 Å². The number of fused-ring (bicyclic) bond motifs is 1. The van der Waals surface area contributed by atoms with Gasteiger partial charge >= 0.3 is 0 Å². The summed E-state index contributed by atoms with van der Waals surface area (Å²) in [6, 6.07) is 8.84. The average Bonchev–Trinajstić information content (AvgIpc) is 2.47. The zero-order chi connectivity index (χ0) is 7.68. The van der Waals surface area contributed by atoms with E-state index < -0.39 is 0 Å². The van der Waals surface area contributed by atoms with E-state index in [1.807, 2.05) is 0 Å². The summed E-state index contributed by atoms with van der Waals surface area (Å²) in [6.07, 6.45) is 2.29. The van der Waals surface area contributed by atoms with Crippen LogP contribution in [0.5, 0.6) is 0 Å². The monoisotopic (exact) mass is 148 g/mol. The molecule has 11 heavy (non-hydrogen) atoms. The smallest absolute Gasteiger partial charge is 0.0465 e. The fourth-order valence-electron chi connectivity index (χ4n) is 1.73. The second-order valence-electron chi connectivity index (χ2n) is 2.96. The Kier molecular flexibility index (Phi) is 1.64. The van der Waals surface area contributed by atoms with Gasteiger partial charge in [0.2, 0.25) is 0 Å². The molecule has 2 rings (SSSR count). The van der Waals surface area contributed by atoms with Crippen LogP contribution in [0, 0.1) is 0 Å². The van der Waals surface area contributed by atoms with Crippen molar-refractivity contribution in [3.05, 3.63) is 35.4 Å². The summed E-state index contributed by atoms with van der Waals surface area (Å²) >= 11 is 0. The Balaban J connectivity index is 2.39. The van der Waals surface area contributed by atoms with Gasteiger partial charge in [0.1, 0.15) is 0 Å². The fraction of sp³-hybridized carbons (Fsp3) is 0.333. The molecule has 0 radical (unpaired) electrons. The first-order valence-electron chi connectivity index (χ1n) is 3.96. The first-order chi connectivity index (χ1) is 5.42. The molecular formula is C9H12N2. The number of benzene rings is 1. The van der Waals surface area contributed by atoms with E-state index in [0.29, 0.717) is 6.04 Å². The number of hydrogen-bond donors (Lipinski definition) is 2. The van der Waals surface area contributed by atoms with Crippen LogP contribution >= 0.6 is 0 Å². The molecule has 3 N–H and O–H groups in total. The maximum Gasteiger partial charge on any atom is 0.0465 e. The molecule has 1 atom stereocenters. The van der Waals surface area contributed by atoms with Crippen molar-refractivity contribution in [2.45, 2.75) is 18.9 Å². The van der Waals surface area contributed by atoms with Crippen molar-refractivity contribution < 1.29 is 0 Å². The van der Waals surface area contributed by atoms with Gasteiger partial charge < -0.3 is 0 Å². The zero-order valence-corrected chi connectivity index (χ0v) is 6.38. The number of rotatable bonds is 1. The van der Waals surface area contributed by atoms with Crippen molar-refractivity contribution in [1.29, 1.82) is 0 Å². The van der Waals surface area contributed by atoms with Gasteiger partial charge in [-0.1, -0.05) is 24.3 Å². The maximum atomic E-state index is 5.40. The molecule has 58 valence electrons. The van der Waals surface area contributed by atoms with E-state index in [1.54, 1.807) is 0 Å². The summed E-state index contributed by atoms with van der Waals surface area (Å²) in [5.74, 6) is 5.40. The molecule has 1 aromatic carbocycles. The molecule has 0 saturated heterocycles. The standard InChI is InChI=1S/C9H12N2/c10-11-9-6-5-7-3-1-2-4-8(7)9/h1-4,9,11H,5-6,10H2. The maximum absolute atomic E-state index is 5.40. The molecule has 0 aliphatic heterocycles. The van der Waals surface area contributed by atoms with Crippen LogP contribution in [-0.4, -0.2) is 0 Å². The molecule has 0 spiro atoms. The van der Waals surface area contributed by atoms with Gasteiger partial charge in [0.15, 0.2) is 0 Å². The fourth-order valence-corrected chi connectivity index (χ4v) is 1.73. The SMILES string of the molecule is NNC1CCc2ccccc21. The molecule has 1 aliphatic rings. The Labute approximate surface area is 66.4 Å². The van der Waals surface area contributed by atoms with E-state index >= 15 is 0 Å². The van der Waals surface area contributed by atoms with Crippen LogP contribution in [0.4, 0.5) is 0 Å². The van der Waals surface area contributed by atoms with Gasteiger partial charge in [-0.05, 0) is 24.0 Å². The molecule has 2 heteroatoms. The number of nitrogens with one attached hydrogen (secondary N) is 1. The zero-order valence-electron chi connectivity index (χ0n) is 6.38. The summed E-state index contributed by atoms with van der Waals surface area (Å²) in [4.78, 5) is 0. The first-order valence-corrected chi connectivity index (χ1v) is 3.96. The van der Waals surface area contributed by atoms with Gasteiger partial charge in [-0.25, -0.2) is 0 Å². The quantitative estimate of drug-likeness (QED) is 0.463. The lowest BCUT2D eigenvalue weighted by Crippen LogP contribution is -2.26. The summed E-state index contributed by atoms with van der Waals surface area (Å²) in [5.41, 5.74) is 5.63. The van der Waals surface area contributed by atoms with Crippen molar-refractivity contribution in [2.24, 2.45) is 5.84 Å². The van der Waals surface area contributed by atoms with Crippen LogP contribution in [-0.2, 0) is 6.42 Å². The molecule has 1 unspecified atom stereocenters. The summed E-state index contributed by atoms with van der Waals surface area (Å²) in [7, 11) is 0. The minimum Gasteiger partial charge on any atom is -0.271 e. The van der Waals surface area contributed by atoms with Gasteiger partial charge in [-0.2, -0.15) is 0 Å². The highest BCUT2D eigenvalue weighted by Crippen LogP contribution is 2.29. The van der Waals surface area contributed by atoms with Gasteiger partial charge in [-0.15, -0.1) is 0 Å². The molecule has 0 heterocycles. The van der Waals surface area contributed by atoms with Crippen molar-refractivity contribution in [1.82, 2.24) is 5.43 Å². The number of aryl methyl sites for hydroxylation is 1. The molecule has 0 saturated carbocycles. The molecule has 0 amide bonds. The lowest BCUT2D eigenvalue weighted by Gasteiger charge is -2.08. The van der Waals surface area contributed by atoms with Crippen LogP contribution < -0.4 is 11.3 Å². The third-order valence-electron chi connectivity index (χ3n) is 2.33. The van der Waals surface area contributed by atoms with Crippen LogP contribution in [0.3, 0.4) is 0 Å². The number of hydrazine groups is 1. The van der Waals surface area contributed by atoms with Crippen LogP contribution in [0.2, 0.25) is 0 Å². The predicted molar refractivity (Wildman–Crippen MR) is 44.8 cm³/mol. The van der Waals surface area contributed by atoms with Crippen LogP contribution in [0.1, 0.15) is 23.6 Å². The van der Waals surface area contributed by atoms with Crippen molar-refractivity contribution in [3.8, 4) is 0 Å². The molecule has 2 nitrogen and oxygen atoms in total. The normalized spacial score (nSPS) is 21.7. The third-order valence-corrected chi connectivity index (χ3v) is 2.33. The van der Waals surface area contributed by atoms with E-state index in [-0.39, 0.29) is 0 Å². The molecular weight excluding hydrogens is 136 g/mol. The Hall–Kier alpha value is -0.860. The van der Waals surface area contributed by atoms with Gasteiger partial charge in [0.25, 0.3) is 0 Å². The second-order valence-corrected chi connectivity index (χ2v) is 2.96. The van der Waals surface area contributed by atoms with Gasteiger partial charge in [-0.3, -0.25) is 11.3 Å². The first kappa shape index (κ1) is 6.83. The Morgan fingerprint density at radius 1 is 1.36 bits per heavy atom. The largest absolute Gasteiger partial charge is 0.271 e. The van der Waals surface area contributed by atoms with E-state index in [9.17, 15) is 0 Å². The highest BCUT2D eigenvalue weighted by atomic mass is 15.2. The third kappa shape index (κ3) is 1.04. The van der Waals surface area contributed by atoms with Crippen LogP contribution in [0.15, 0.2) is 24.3 Å². The highest BCUT2D eigenvalue weighted by Gasteiger charge is 2.19. The lowest BCUT2D eigenvalue weighted by atomic mass is 10.1. The summed E-state index contributed by atoms with van der Waals surface area (Å²) in [5, 5.41) is 0. The summed E-state index contributed by atoms with van der Waals surface area (Å²) in [6.45, 7) is 0. The Morgan fingerprint density at radius 3 is 3.00 bits per heavy atom. The minimum absolute atomic E-state index is 0.381. The topological polar surface area (TPSA) is 38.0 Å². The van der Waals surface area contributed by atoms with Crippen LogP contribution in [0.25, 0.3) is 0 Å². The predicted octanol–water partition coefficient (Wildman–Crippen LogP) is 1.14. The number of nitrogens with two attached hydrogens (primary N) is 1. The molecule has 1 aliphatic carbocycles. The molecule has 0 aromatic heterocycles. The lowest BCUT2D eigenvalue weighted by molar-refractivity contribution is 0.551. The average molecular weight is 148 g/mol. The second kappa shape index (κ2) is 2.64. The molecule has 0 fully saturated rings. The minimum atomic E-state index is 0.381. The van der Waals surface area contributed by atoms with Crippen molar-refractivity contribution in [3.63, 3.8) is 0 Å².